The van der Waals surface area contributed by atoms with Crippen molar-refractivity contribution in [3.05, 3.63) is 30.3 Å². The molecule has 0 saturated heterocycles. The number of hydrogen-bond donors (Lipinski definition) is 1. The van der Waals surface area contributed by atoms with Gasteiger partial charge in [-0.3, -0.25) is 4.79 Å². The van der Waals surface area contributed by atoms with Crippen LogP contribution in [0, 0.1) is 0 Å². The third-order valence-electron chi connectivity index (χ3n) is 3.75. The minimum absolute atomic E-state index is 0.133. The molecule has 0 aliphatic heterocycles. The minimum atomic E-state index is -5.54. The highest BCUT2D eigenvalue weighted by atomic mass is 19.4. The highest BCUT2D eigenvalue weighted by Gasteiger charge is 2.71. The van der Waals surface area contributed by atoms with Crippen LogP contribution in [0.5, 0.6) is 0 Å². The van der Waals surface area contributed by atoms with Crippen molar-refractivity contribution in [3.8, 4) is 0 Å². The smallest absolute Gasteiger partial charge is 0.386 e. The van der Waals surface area contributed by atoms with E-state index in [0.29, 0.717) is 11.8 Å². The van der Waals surface area contributed by atoms with E-state index in [1.165, 1.54) is 38.1 Å². The van der Waals surface area contributed by atoms with E-state index >= 15 is 0 Å². The first-order valence-corrected chi connectivity index (χ1v) is 6.88. The van der Waals surface area contributed by atoms with Gasteiger partial charge in [-0.1, -0.05) is 25.1 Å². The van der Waals surface area contributed by atoms with E-state index in [2.05, 4.69) is 0 Å². The van der Waals surface area contributed by atoms with Gasteiger partial charge >= 0.3 is 11.8 Å². The molecule has 1 amide bonds. The summed E-state index contributed by atoms with van der Waals surface area (Å²) >= 11 is 0. The van der Waals surface area contributed by atoms with Gasteiger partial charge in [0.2, 0.25) is 0 Å². The maximum absolute atomic E-state index is 14.8. The molecule has 2 unspecified atom stereocenters. The van der Waals surface area contributed by atoms with Crippen LogP contribution in [-0.2, 0) is 4.79 Å². The molecule has 0 aliphatic rings. The second-order valence-corrected chi connectivity index (χ2v) is 5.17. The zero-order valence-corrected chi connectivity index (χ0v) is 12.6. The third-order valence-corrected chi connectivity index (χ3v) is 3.75. The highest BCUT2D eigenvalue weighted by molar-refractivity contribution is 6.01. The van der Waals surface area contributed by atoms with Gasteiger partial charge in [-0.25, -0.2) is 4.39 Å². The maximum atomic E-state index is 14.8. The number of aliphatic hydroxyl groups is 1. The van der Waals surface area contributed by atoms with Gasteiger partial charge in [0.1, 0.15) is 5.60 Å². The van der Waals surface area contributed by atoms with Crippen LogP contribution in [0.2, 0.25) is 0 Å². The van der Waals surface area contributed by atoms with Crippen LogP contribution >= 0.6 is 0 Å². The summed E-state index contributed by atoms with van der Waals surface area (Å²) in [5.74, 6) is -1.82. The molecule has 124 valence electrons. The van der Waals surface area contributed by atoms with Crippen LogP contribution in [0.15, 0.2) is 30.3 Å². The Morgan fingerprint density at radius 3 is 2.00 bits per heavy atom. The fourth-order valence-corrected chi connectivity index (χ4v) is 2.14. The van der Waals surface area contributed by atoms with Crippen molar-refractivity contribution < 1.29 is 27.5 Å². The molecule has 2 atom stereocenters. The lowest BCUT2D eigenvalue weighted by Gasteiger charge is -2.40. The molecule has 0 aliphatic carbocycles. The highest BCUT2D eigenvalue weighted by Crippen LogP contribution is 2.45. The number of alkyl halides is 4. The molecule has 0 fully saturated rings. The van der Waals surface area contributed by atoms with Crippen molar-refractivity contribution >= 4 is 11.6 Å². The molecule has 0 radical (unpaired) electrons. The average molecular weight is 321 g/mol. The second kappa shape index (κ2) is 6.24. The molecule has 0 aromatic heterocycles. The second-order valence-electron chi connectivity index (χ2n) is 5.17. The summed E-state index contributed by atoms with van der Waals surface area (Å²) < 4.78 is 54.6. The first kappa shape index (κ1) is 18.4. The molecule has 0 heterocycles. The minimum Gasteiger partial charge on any atom is -0.386 e. The topological polar surface area (TPSA) is 40.5 Å². The number of anilines is 1. The number of benzene rings is 1. The zero-order valence-electron chi connectivity index (χ0n) is 12.6. The molecule has 1 rings (SSSR count). The van der Waals surface area contributed by atoms with Gasteiger partial charge in [0, 0.05) is 12.2 Å². The van der Waals surface area contributed by atoms with Crippen LogP contribution in [0.3, 0.4) is 0 Å². The van der Waals surface area contributed by atoms with E-state index in [-0.39, 0.29) is 12.2 Å². The van der Waals surface area contributed by atoms with E-state index in [9.17, 15) is 27.5 Å². The van der Waals surface area contributed by atoms with Gasteiger partial charge in [0.15, 0.2) is 0 Å². The largest absolute Gasteiger partial charge is 0.434 e. The van der Waals surface area contributed by atoms with Gasteiger partial charge in [-0.15, -0.1) is 0 Å². The van der Waals surface area contributed by atoms with E-state index in [1.807, 2.05) is 0 Å². The van der Waals surface area contributed by atoms with Crippen molar-refractivity contribution in [2.24, 2.45) is 0 Å². The molecular formula is C15H19F4NO2. The monoisotopic (exact) mass is 321 g/mol. The standard InChI is InChI=1S/C15H19F4NO2/c1-4-13(3,22)14(16,15(17,18)19)12(21)20(5-2)11-9-7-6-8-10-11/h6-10,22H,4-5H2,1-3H3. The lowest BCUT2D eigenvalue weighted by Crippen LogP contribution is -2.67. The quantitative estimate of drug-likeness (QED) is 0.844. The Kier molecular flexibility index (Phi) is 5.22. The van der Waals surface area contributed by atoms with E-state index in [0.717, 1.165) is 0 Å². The molecule has 1 N–H and O–H groups in total. The van der Waals surface area contributed by atoms with Crippen molar-refractivity contribution in [1.82, 2.24) is 0 Å². The van der Waals surface area contributed by atoms with Crippen LogP contribution in [-0.4, -0.2) is 35.0 Å². The SMILES string of the molecule is CCN(C(=O)C(F)(C(F)(F)F)C(C)(O)CC)c1ccccc1. The molecule has 3 nitrogen and oxygen atoms in total. The molecule has 0 saturated carbocycles. The molecular weight excluding hydrogens is 302 g/mol. The molecule has 1 aromatic carbocycles. The van der Waals surface area contributed by atoms with Crippen molar-refractivity contribution in [1.29, 1.82) is 0 Å². The lowest BCUT2D eigenvalue weighted by molar-refractivity contribution is -0.272. The first-order valence-electron chi connectivity index (χ1n) is 6.88. The van der Waals surface area contributed by atoms with Gasteiger partial charge in [0.25, 0.3) is 5.91 Å². The van der Waals surface area contributed by atoms with E-state index in [1.54, 1.807) is 6.07 Å². The maximum Gasteiger partial charge on any atom is 0.434 e. The molecule has 22 heavy (non-hydrogen) atoms. The number of carbonyl (C=O) groups excluding carboxylic acids is 1. The van der Waals surface area contributed by atoms with Gasteiger partial charge in [-0.2, -0.15) is 13.2 Å². The lowest BCUT2D eigenvalue weighted by atomic mass is 9.81. The van der Waals surface area contributed by atoms with Crippen LogP contribution in [0.25, 0.3) is 0 Å². The Labute approximate surface area is 126 Å². The summed E-state index contributed by atoms with van der Waals surface area (Å²) in [5, 5.41) is 9.90. The van der Waals surface area contributed by atoms with Crippen LogP contribution in [0.1, 0.15) is 27.2 Å². The van der Waals surface area contributed by atoms with E-state index in [4.69, 9.17) is 0 Å². The first-order chi connectivity index (χ1) is 10.0. The van der Waals surface area contributed by atoms with Gasteiger partial charge < -0.3 is 10.0 Å². The van der Waals surface area contributed by atoms with Gasteiger partial charge in [0.05, 0.1) is 0 Å². The predicted molar refractivity (Wildman–Crippen MR) is 75.3 cm³/mol. The third kappa shape index (κ3) is 2.95. The normalized spacial score (nSPS) is 17.5. The van der Waals surface area contributed by atoms with Crippen molar-refractivity contribution in [3.63, 3.8) is 0 Å². The molecule has 0 bridgehead atoms. The number of nitrogens with zero attached hydrogens (tertiary/aromatic N) is 1. The average Bonchev–Trinajstić information content (AvgIpc) is 2.46. The fraction of sp³-hybridized carbons (Fsp3) is 0.533. The summed E-state index contributed by atoms with van der Waals surface area (Å²) in [6.45, 7) is 3.14. The number of halogens is 4. The van der Waals surface area contributed by atoms with Crippen LogP contribution < -0.4 is 4.90 Å². The Morgan fingerprint density at radius 2 is 1.64 bits per heavy atom. The molecule has 1 aromatic rings. The molecule has 0 spiro atoms. The Hall–Kier alpha value is -1.63. The summed E-state index contributed by atoms with van der Waals surface area (Å²) in [5.41, 5.74) is -7.13. The summed E-state index contributed by atoms with van der Waals surface area (Å²) in [6, 6.07) is 7.47. The van der Waals surface area contributed by atoms with E-state index < -0.39 is 29.8 Å². The number of carbonyl (C=O) groups is 1. The molecule has 7 heteroatoms. The Morgan fingerprint density at radius 1 is 1.14 bits per heavy atom. The fourth-order valence-electron chi connectivity index (χ4n) is 2.14. The summed E-state index contributed by atoms with van der Waals surface area (Å²) in [4.78, 5) is 13.0. The van der Waals surface area contributed by atoms with Gasteiger partial charge in [-0.05, 0) is 32.4 Å². The van der Waals surface area contributed by atoms with Crippen molar-refractivity contribution in [2.45, 2.75) is 44.6 Å². The summed E-state index contributed by atoms with van der Waals surface area (Å²) in [7, 11) is 0. The summed E-state index contributed by atoms with van der Waals surface area (Å²) in [6.07, 6.45) is -6.10. The number of amides is 1. The predicted octanol–water partition coefficient (Wildman–Crippen LogP) is 3.47. The number of para-hydroxylation sites is 1. The number of hydrogen-bond acceptors (Lipinski definition) is 2. The zero-order chi connectivity index (χ0) is 17.2. The Bertz CT molecular complexity index is 516. The number of rotatable bonds is 5. The Balaban J connectivity index is 3.40. The van der Waals surface area contributed by atoms with Crippen molar-refractivity contribution in [2.75, 3.05) is 11.4 Å². The van der Waals surface area contributed by atoms with Crippen LogP contribution in [0.4, 0.5) is 23.2 Å².